The molecule has 0 aliphatic heterocycles. The summed E-state index contributed by atoms with van der Waals surface area (Å²) in [6.45, 7) is 6.46. The first-order valence-electron chi connectivity index (χ1n) is 28.1. The maximum Gasteiger partial charge on any atom is 0.306 e. The Morgan fingerprint density at radius 2 is 0.582 bits per heavy atom. The lowest BCUT2D eigenvalue weighted by Crippen LogP contribution is -2.30. The molecule has 0 spiro atoms. The highest BCUT2D eigenvalue weighted by Crippen LogP contribution is 2.14. The van der Waals surface area contributed by atoms with Crippen LogP contribution in [-0.2, 0) is 28.6 Å². The highest BCUT2D eigenvalue weighted by molar-refractivity contribution is 5.71. The average Bonchev–Trinajstić information content (AvgIpc) is 3.33. The van der Waals surface area contributed by atoms with Gasteiger partial charge in [0.15, 0.2) is 6.10 Å². The van der Waals surface area contributed by atoms with Crippen LogP contribution in [0.1, 0.15) is 265 Å². The lowest BCUT2D eigenvalue weighted by Gasteiger charge is -2.18. The van der Waals surface area contributed by atoms with Crippen LogP contribution in [0.4, 0.5) is 0 Å². The molecule has 0 aromatic carbocycles. The Hall–Kier alpha value is -3.41. The van der Waals surface area contributed by atoms with Gasteiger partial charge in [-0.1, -0.05) is 215 Å². The maximum absolute atomic E-state index is 12.8. The molecule has 0 saturated carbocycles. The molecule has 0 fully saturated rings. The summed E-state index contributed by atoms with van der Waals surface area (Å²) in [7, 11) is 0. The molecule has 1 unspecified atom stereocenters. The minimum atomic E-state index is -0.805. The fourth-order valence-electron chi connectivity index (χ4n) is 7.63. The van der Waals surface area contributed by atoms with E-state index >= 15 is 0 Å². The molecule has 0 saturated heterocycles. The van der Waals surface area contributed by atoms with Crippen LogP contribution < -0.4 is 0 Å². The maximum atomic E-state index is 12.8. The third kappa shape index (κ3) is 53.4. The van der Waals surface area contributed by atoms with E-state index in [1.165, 1.54) is 116 Å². The lowest BCUT2D eigenvalue weighted by atomic mass is 10.1. The Balaban J connectivity index is 4.44. The van der Waals surface area contributed by atoms with E-state index in [9.17, 15) is 14.4 Å². The lowest BCUT2D eigenvalue weighted by molar-refractivity contribution is -0.167. The van der Waals surface area contributed by atoms with Gasteiger partial charge in [-0.05, 0) is 116 Å². The van der Waals surface area contributed by atoms with Crippen molar-refractivity contribution in [2.75, 3.05) is 13.2 Å². The van der Waals surface area contributed by atoms with Gasteiger partial charge in [-0.2, -0.15) is 0 Å². The van der Waals surface area contributed by atoms with E-state index < -0.39 is 6.10 Å². The Labute approximate surface area is 414 Å². The molecule has 0 N–H and O–H groups in total. The summed E-state index contributed by atoms with van der Waals surface area (Å²) < 4.78 is 16.8. The highest BCUT2D eigenvalue weighted by atomic mass is 16.6. The molecule has 67 heavy (non-hydrogen) atoms. The molecule has 0 bridgehead atoms. The van der Waals surface area contributed by atoms with Gasteiger partial charge < -0.3 is 14.2 Å². The Kier molecular flexibility index (Phi) is 52.4. The van der Waals surface area contributed by atoms with Crippen LogP contribution in [0.5, 0.6) is 0 Å². The van der Waals surface area contributed by atoms with Crippen LogP contribution >= 0.6 is 0 Å². The van der Waals surface area contributed by atoms with Crippen molar-refractivity contribution in [3.63, 3.8) is 0 Å². The van der Waals surface area contributed by atoms with Crippen molar-refractivity contribution in [2.45, 2.75) is 271 Å². The molecule has 6 heteroatoms. The van der Waals surface area contributed by atoms with Crippen LogP contribution in [0, 0.1) is 0 Å². The standard InChI is InChI=1S/C61H104O6/c1-4-7-10-13-16-19-22-25-28-29-30-31-34-36-39-42-45-48-51-54-60(63)66-57-58(67-61(64)55-52-49-46-43-40-37-33-27-24-21-18-15-12-9-6-3)56-65-59(62)53-50-47-44-41-38-35-32-26-23-20-17-14-11-8-5-2/h9,12,17-18,20-21,25-28,32-33,40,43,58H,4-8,10-11,13-16,19,22-24,29-31,34-39,41-42,44-57H2,1-3H3/b12-9-,20-17-,21-18-,28-25-,32-26-,33-27-,43-40-. The molecule has 0 aromatic heterocycles. The largest absolute Gasteiger partial charge is 0.462 e. The van der Waals surface area contributed by atoms with E-state index in [1.54, 1.807) is 0 Å². The summed E-state index contributed by atoms with van der Waals surface area (Å²) in [5, 5.41) is 0. The monoisotopic (exact) mass is 933 g/mol. The zero-order chi connectivity index (χ0) is 48.6. The molecule has 0 aliphatic rings. The highest BCUT2D eigenvalue weighted by Gasteiger charge is 2.19. The predicted octanol–water partition coefficient (Wildman–Crippen LogP) is 18.8. The van der Waals surface area contributed by atoms with Crippen molar-refractivity contribution in [1.82, 2.24) is 0 Å². The van der Waals surface area contributed by atoms with Gasteiger partial charge in [0, 0.05) is 19.3 Å². The average molecular weight is 933 g/mol. The van der Waals surface area contributed by atoms with Crippen molar-refractivity contribution >= 4 is 17.9 Å². The second-order valence-corrected chi connectivity index (χ2v) is 18.5. The Morgan fingerprint density at radius 3 is 0.985 bits per heavy atom. The SMILES string of the molecule is CC/C=C\C/C=C\C/C=C\C/C=C\CCCCC(=O)OC(COC(=O)CCCCCCC/C=C\C/C=C\CCCCC)COC(=O)CCCCCCCCCCC/C=C\CCCCCCCC. The third-order valence-corrected chi connectivity index (χ3v) is 11.9. The molecule has 0 rings (SSSR count). The summed E-state index contributed by atoms with van der Waals surface area (Å²) in [4.78, 5) is 38.1. The zero-order valence-electron chi connectivity index (χ0n) is 43.9. The summed E-state index contributed by atoms with van der Waals surface area (Å²) in [5.74, 6) is -0.953. The number of allylic oxidation sites excluding steroid dienone is 14. The minimum absolute atomic E-state index is 0.0988. The molecule has 0 amide bonds. The fraction of sp³-hybridized carbons (Fsp3) is 0.721. The van der Waals surface area contributed by atoms with E-state index in [2.05, 4.69) is 106 Å². The van der Waals surface area contributed by atoms with E-state index in [0.717, 1.165) is 103 Å². The fourth-order valence-corrected chi connectivity index (χ4v) is 7.63. The first-order chi connectivity index (χ1) is 33.0. The van der Waals surface area contributed by atoms with E-state index in [0.29, 0.717) is 19.3 Å². The van der Waals surface area contributed by atoms with E-state index in [-0.39, 0.29) is 37.5 Å². The number of rotatable bonds is 50. The zero-order valence-corrected chi connectivity index (χ0v) is 43.9. The molecule has 0 aliphatic carbocycles. The van der Waals surface area contributed by atoms with Crippen molar-refractivity contribution in [1.29, 1.82) is 0 Å². The van der Waals surface area contributed by atoms with Gasteiger partial charge in [-0.25, -0.2) is 0 Å². The van der Waals surface area contributed by atoms with Crippen molar-refractivity contribution in [2.24, 2.45) is 0 Å². The summed E-state index contributed by atoms with van der Waals surface area (Å²) in [6.07, 6.45) is 71.4. The number of unbranched alkanes of at least 4 members (excludes halogenated alkanes) is 25. The number of carbonyl (C=O) groups is 3. The molecular weight excluding hydrogens is 829 g/mol. The molecular formula is C61H104O6. The van der Waals surface area contributed by atoms with Gasteiger partial charge >= 0.3 is 17.9 Å². The molecule has 1 atom stereocenters. The summed E-state index contributed by atoms with van der Waals surface area (Å²) in [6, 6.07) is 0. The third-order valence-electron chi connectivity index (χ3n) is 11.9. The first-order valence-corrected chi connectivity index (χ1v) is 28.1. The summed E-state index contributed by atoms with van der Waals surface area (Å²) >= 11 is 0. The second-order valence-electron chi connectivity index (χ2n) is 18.5. The molecule has 0 radical (unpaired) electrons. The van der Waals surface area contributed by atoms with Crippen molar-refractivity contribution in [3.05, 3.63) is 85.1 Å². The predicted molar refractivity (Wildman–Crippen MR) is 288 cm³/mol. The second kappa shape index (κ2) is 55.2. The van der Waals surface area contributed by atoms with Gasteiger partial charge in [0.25, 0.3) is 0 Å². The summed E-state index contributed by atoms with van der Waals surface area (Å²) in [5.41, 5.74) is 0. The van der Waals surface area contributed by atoms with Crippen molar-refractivity contribution in [3.8, 4) is 0 Å². The molecule has 0 heterocycles. The van der Waals surface area contributed by atoms with Crippen LogP contribution in [0.25, 0.3) is 0 Å². The number of carbonyl (C=O) groups excluding carboxylic acids is 3. The van der Waals surface area contributed by atoms with Gasteiger partial charge in [-0.15, -0.1) is 0 Å². The van der Waals surface area contributed by atoms with Crippen LogP contribution in [-0.4, -0.2) is 37.2 Å². The van der Waals surface area contributed by atoms with Crippen LogP contribution in [0.2, 0.25) is 0 Å². The van der Waals surface area contributed by atoms with Gasteiger partial charge in [0.05, 0.1) is 0 Å². The molecule has 0 aromatic rings. The van der Waals surface area contributed by atoms with Crippen molar-refractivity contribution < 1.29 is 28.6 Å². The Morgan fingerprint density at radius 1 is 0.313 bits per heavy atom. The normalized spacial score (nSPS) is 12.7. The topological polar surface area (TPSA) is 78.9 Å². The quantitative estimate of drug-likeness (QED) is 0.0262. The van der Waals surface area contributed by atoms with E-state index in [4.69, 9.17) is 14.2 Å². The number of hydrogen-bond acceptors (Lipinski definition) is 6. The number of ether oxygens (including phenoxy) is 3. The van der Waals surface area contributed by atoms with E-state index in [1.807, 2.05) is 0 Å². The Bertz CT molecular complexity index is 1300. The van der Waals surface area contributed by atoms with Gasteiger partial charge in [0.2, 0.25) is 0 Å². The molecule has 384 valence electrons. The van der Waals surface area contributed by atoms with Gasteiger partial charge in [0.1, 0.15) is 13.2 Å². The molecule has 6 nitrogen and oxygen atoms in total. The smallest absolute Gasteiger partial charge is 0.306 e. The minimum Gasteiger partial charge on any atom is -0.462 e. The van der Waals surface area contributed by atoms with Crippen LogP contribution in [0.15, 0.2) is 85.1 Å². The van der Waals surface area contributed by atoms with Gasteiger partial charge in [-0.3, -0.25) is 14.4 Å². The number of hydrogen-bond donors (Lipinski definition) is 0. The number of esters is 3. The first kappa shape index (κ1) is 63.6. The van der Waals surface area contributed by atoms with Crippen LogP contribution in [0.3, 0.4) is 0 Å².